The highest BCUT2D eigenvalue weighted by Crippen LogP contribution is 2.32. The van der Waals surface area contributed by atoms with E-state index >= 15 is 0 Å². The fourth-order valence-electron chi connectivity index (χ4n) is 5.88. The first kappa shape index (κ1) is 46.1. The Morgan fingerprint density at radius 3 is 1.85 bits per heavy atom. The molecule has 3 rings (SSSR count). The van der Waals surface area contributed by atoms with Gasteiger partial charge in [0.1, 0.15) is 79.8 Å². The smallest absolute Gasteiger partial charge is 0.246 e. The Kier molecular flexibility index (Phi) is 19.7. The second-order valence-electron chi connectivity index (χ2n) is 12.8. The lowest BCUT2D eigenvalue weighted by Gasteiger charge is -2.48. The molecule has 3 aliphatic heterocycles. The van der Waals surface area contributed by atoms with Crippen molar-refractivity contribution in [2.75, 3.05) is 66.4 Å². The first-order valence-corrected chi connectivity index (χ1v) is 17.4. The Balaban J connectivity index is 1.56. The molecule has 0 saturated carbocycles. The van der Waals surface area contributed by atoms with Crippen LogP contribution in [0.25, 0.3) is 0 Å². The topological polar surface area (TPSA) is 343 Å². The molecule has 0 spiro atoms. The Morgan fingerprint density at radius 2 is 1.22 bits per heavy atom. The zero-order valence-corrected chi connectivity index (χ0v) is 30.0. The van der Waals surface area contributed by atoms with Crippen LogP contribution in [-0.4, -0.2) is 222 Å². The number of amides is 3. The van der Waals surface area contributed by atoms with E-state index < -0.39 is 118 Å². The van der Waals surface area contributed by atoms with Gasteiger partial charge in [-0.15, -0.1) is 0 Å². The minimum atomic E-state index is -1.95. The zero-order chi connectivity index (χ0) is 39.9. The summed E-state index contributed by atoms with van der Waals surface area (Å²) in [6.07, 6.45) is -23.0. The summed E-state index contributed by atoms with van der Waals surface area (Å²) in [4.78, 5) is 35.5. The molecule has 0 aromatic rings. The predicted molar refractivity (Wildman–Crippen MR) is 175 cm³/mol. The van der Waals surface area contributed by atoms with E-state index in [0.29, 0.717) is 0 Å². The summed E-state index contributed by atoms with van der Waals surface area (Å²) in [7, 11) is 1.40. The van der Waals surface area contributed by atoms with Crippen molar-refractivity contribution in [2.45, 2.75) is 112 Å². The van der Waals surface area contributed by atoms with Crippen LogP contribution in [0.15, 0.2) is 0 Å². The maximum Gasteiger partial charge on any atom is 0.246 e. The van der Waals surface area contributed by atoms with Crippen molar-refractivity contribution in [2.24, 2.45) is 0 Å². The van der Waals surface area contributed by atoms with Gasteiger partial charge in [0.25, 0.3) is 0 Å². The second-order valence-corrected chi connectivity index (χ2v) is 12.8. The molecular weight excluding hydrogens is 734 g/mol. The predicted octanol–water partition coefficient (Wildman–Crippen LogP) is -7.73. The number of carbonyl (C=O) groups is 3. The van der Waals surface area contributed by atoms with Crippen molar-refractivity contribution in [3.8, 4) is 0 Å². The third-order valence-corrected chi connectivity index (χ3v) is 8.72. The fourth-order valence-corrected chi connectivity index (χ4v) is 5.88. The van der Waals surface area contributed by atoms with Gasteiger partial charge in [0, 0.05) is 33.5 Å². The Bertz CT molecular complexity index is 1140. The molecule has 0 aliphatic carbocycles. The molecule has 3 saturated heterocycles. The summed E-state index contributed by atoms with van der Waals surface area (Å²) in [5.41, 5.74) is 0. The highest BCUT2D eigenvalue weighted by molar-refractivity contribution is 5.77. The van der Waals surface area contributed by atoms with Crippen molar-refractivity contribution in [3.05, 3.63) is 0 Å². The summed E-state index contributed by atoms with van der Waals surface area (Å²) in [5.74, 6) is -1.19. The fraction of sp³-hybridized carbons (Fsp3) is 0.903. The normalized spacial score (nSPS) is 37.1. The molecule has 0 aromatic heterocycles. The molecule has 0 aromatic carbocycles. The van der Waals surface area contributed by atoms with E-state index in [9.17, 15) is 60.3 Å². The van der Waals surface area contributed by atoms with E-state index in [1.54, 1.807) is 0 Å². The van der Waals surface area contributed by atoms with E-state index in [1.165, 1.54) is 7.11 Å². The zero-order valence-electron chi connectivity index (χ0n) is 30.0. The van der Waals surface area contributed by atoms with Gasteiger partial charge in [-0.2, -0.15) is 0 Å². The Labute approximate surface area is 310 Å². The number of rotatable bonds is 21. The van der Waals surface area contributed by atoms with Gasteiger partial charge in [0.2, 0.25) is 17.7 Å². The summed E-state index contributed by atoms with van der Waals surface area (Å²) in [6, 6.07) is -1.30. The number of aliphatic hydroxyl groups excluding tert-OH is 9. The molecule has 23 nitrogen and oxygen atoms in total. The number of carbonyl (C=O) groups excluding carboxylic acids is 3. The number of hydrogen-bond acceptors (Lipinski definition) is 20. The average Bonchev–Trinajstić information content (AvgIpc) is 3.14. The lowest BCUT2D eigenvalue weighted by molar-refractivity contribution is -0.376. The van der Waals surface area contributed by atoms with Crippen LogP contribution in [-0.2, 0) is 52.3 Å². The Hall–Kier alpha value is -2.27. The summed E-state index contributed by atoms with van der Waals surface area (Å²) in [5, 5.41) is 101. The first-order valence-electron chi connectivity index (χ1n) is 17.4. The van der Waals surface area contributed by atoms with Gasteiger partial charge in [-0.1, -0.05) is 0 Å². The van der Waals surface area contributed by atoms with Crippen LogP contribution >= 0.6 is 0 Å². The number of hydrogen-bond donors (Lipinski definition) is 12. The van der Waals surface area contributed by atoms with Crippen LogP contribution in [0.1, 0.15) is 19.8 Å². The molecular formula is C31H55N3O20. The lowest BCUT2D eigenvalue weighted by atomic mass is 9.95. The second kappa shape index (κ2) is 23.1. The number of nitrogens with one attached hydrogen (secondary N) is 3. The van der Waals surface area contributed by atoms with Crippen LogP contribution in [0.5, 0.6) is 0 Å². The molecule has 15 atom stereocenters. The molecule has 54 heavy (non-hydrogen) atoms. The average molecular weight is 790 g/mol. The first-order chi connectivity index (χ1) is 25.8. The van der Waals surface area contributed by atoms with E-state index in [0.717, 1.165) is 6.92 Å². The summed E-state index contributed by atoms with van der Waals surface area (Å²) < 4.78 is 43.8. The van der Waals surface area contributed by atoms with Gasteiger partial charge in [-0.25, -0.2) is 0 Å². The molecule has 3 aliphatic rings. The van der Waals surface area contributed by atoms with Crippen LogP contribution < -0.4 is 16.0 Å². The number of aliphatic hydroxyl groups is 9. The van der Waals surface area contributed by atoms with Crippen molar-refractivity contribution < 1.29 is 98.2 Å². The van der Waals surface area contributed by atoms with Gasteiger partial charge in [-0.05, 0) is 6.42 Å². The highest BCUT2D eigenvalue weighted by atomic mass is 16.8. The third kappa shape index (κ3) is 12.9. The molecule has 6 unspecified atom stereocenters. The van der Waals surface area contributed by atoms with Crippen LogP contribution in [0.3, 0.4) is 0 Å². The van der Waals surface area contributed by atoms with Gasteiger partial charge in [0.05, 0.1) is 39.6 Å². The maximum absolute atomic E-state index is 12.1. The minimum absolute atomic E-state index is 0.0351. The lowest BCUT2D eigenvalue weighted by Crippen LogP contribution is -2.68. The van der Waals surface area contributed by atoms with Crippen molar-refractivity contribution in [3.63, 3.8) is 0 Å². The Morgan fingerprint density at radius 1 is 0.630 bits per heavy atom. The highest BCUT2D eigenvalue weighted by Gasteiger charge is 2.54. The number of ether oxygens (including phenoxy) is 8. The van der Waals surface area contributed by atoms with Crippen LogP contribution in [0, 0.1) is 0 Å². The molecule has 23 heteroatoms. The van der Waals surface area contributed by atoms with Crippen LogP contribution in [0.4, 0.5) is 0 Å². The standard InChI is InChI=1S/C31H55N3O20/c1-14(38)34-20-23(43)27(17(12-37)52-29(20)49-7-3-5-32-18(39)4-8-48-9-6-33-19(40)13-47-2)53-31-26(46)28(22(42)16(11-36)51-31)54-30-25(45)24(44)21(41)15(10-35)50-30/h15-17,20-31,35-37,41-46H,3-13H2,1-2H3,(H,32,39)(H,33,40)(H,34,38)/t15?,16?,17?,20?,21-,22-,23+,24?,25-,26?,27+,28-,29+,30+,31-/m0/s1. The maximum atomic E-state index is 12.1. The summed E-state index contributed by atoms with van der Waals surface area (Å²) >= 11 is 0. The molecule has 314 valence electrons. The third-order valence-electron chi connectivity index (χ3n) is 8.72. The molecule has 0 radical (unpaired) electrons. The minimum Gasteiger partial charge on any atom is -0.394 e. The van der Waals surface area contributed by atoms with Gasteiger partial charge >= 0.3 is 0 Å². The van der Waals surface area contributed by atoms with E-state index in [-0.39, 0.29) is 64.2 Å². The van der Waals surface area contributed by atoms with Crippen molar-refractivity contribution in [1.29, 1.82) is 0 Å². The molecule has 3 fully saturated rings. The largest absolute Gasteiger partial charge is 0.394 e. The molecule has 3 heterocycles. The monoisotopic (exact) mass is 789 g/mol. The number of methoxy groups -OCH3 is 1. The molecule has 3 amide bonds. The molecule has 0 bridgehead atoms. The van der Waals surface area contributed by atoms with E-state index in [1.807, 2.05) is 0 Å². The molecule has 12 N–H and O–H groups in total. The quantitative estimate of drug-likeness (QED) is 0.0481. The van der Waals surface area contributed by atoms with Crippen molar-refractivity contribution in [1.82, 2.24) is 16.0 Å². The SMILES string of the molecule is COCC(=O)NCCOCCC(=O)NCCCO[C@@H]1OC(CO)[C@@H](O[C@@H]2OC(CO)[C@H](O)[C@H](O[C@H]3OC(CO)[C@H](O)C(O)[C@@H]3O)C2O)[C@H](O)C1NC(C)=O. The van der Waals surface area contributed by atoms with Gasteiger partial charge < -0.3 is 99.8 Å². The van der Waals surface area contributed by atoms with E-state index in [2.05, 4.69) is 16.0 Å². The van der Waals surface area contributed by atoms with E-state index in [4.69, 9.17) is 37.9 Å². The van der Waals surface area contributed by atoms with Crippen LogP contribution in [0.2, 0.25) is 0 Å². The summed E-state index contributed by atoms with van der Waals surface area (Å²) in [6.45, 7) is -0.566. The van der Waals surface area contributed by atoms with Gasteiger partial charge in [-0.3, -0.25) is 14.4 Å². The van der Waals surface area contributed by atoms with Gasteiger partial charge in [0.15, 0.2) is 18.9 Å². The van der Waals surface area contributed by atoms with Crippen molar-refractivity contribution >= 4 is 17.7 Å².